The SMILES string of the molecule is COc1ccc([C@@H](NC(=O)COc2ccc3ccccc3c2)c2ccccc2)cc1. The molecule has 0 unspecified atom stereocenters. The quantitative estimate of drug-likeness (QED) is 0.470. The number of nitrogens with one attached hydrogen (secondary N) is 1. The number of carbonyl (C=O) groups excluding carboxylic acids is 1. The Morgan fingerprint density at radius 3 is 2.13 bits per heavy atom. The van der Waals surface area contributed by atoms with Crippen molar-refractivity contribution in [2.75, 3.05) is 13.7 Å². The maximum absolute atomic E-state index is 12.7. The van der Waals surface area contributed by atoms with Crippen molar-refractivity contribution in [1.82, 2.24) is 5.32 Å². The highest BCUT2D eigenvalue weighted by molar-refractivity contribution is 5.84. The molecule has 1 N–H and O–H groups in total. The predicted molar refractivity (Wildman–Crippen MR) is 119 cm³/mol. The summed E-state index contributed by atoms with van der Waals surface area (Å²) >= 11 is 0. The molecule has 0 spiro atoms. The van der Waals surface area contributed by atoms with Gasteiger partial charge in [0.2, 0.25) is 0 Å². The number of fused-ring (bicyclic) bond motifs is 1. The first kappa shape index (κ1) is 19.5. The van der Waals surface area contributed by atoms with Crippen LogP contribution in [0.5, 0.6) is 11.5 Å². The number of amides is 1. The van der Waals surface area contributed by atoms with E-state index in [0.717, 1.165) is 27.6 Å². The Labute approximate surface area is 176 Å². The van der Waals surface area contributed by atoms with Gasteiger partial charge in [0.15, 0.2) is 6.61 Å². The van der Waals surface area contributed by atoms with Gasteiger partial charge in [-0.15, -0.1) is 0 Å². The second-order valence-corrected chi connectivity index (χ2v) is 6.98. The Bertz CT molecular complexity index is 1120. The van der Waals surface area contributed by atoms with Gasteiger partial charge in [-0.3, -0.25) is 4.79 Å². The Balaban J connectivity index is 1.48. The molecular weight excluding hydrogens is 374 g/mol. The molecule has 4 rings (SSSR count). The molecule has 30 heavy (non-hydrogen) atoms. The molecule has 150 valence electrons. The van der Waals surface area contributed by atoms with Gasteiger partial charge in [0, 0.05) is 0 Å². The van der Waals surface area contributed by atoms with E-state index in [1.54, 1.807) is 7.11 Å². The molecule has 0 fully saturated rings. The maximum Gasteiger partial charge on any atom is 0.258 e. The molecule has 0 aromatic heterocycles. The van der Waals surface area contributed by atoms with Crippen LogP contribution in [-0.4, -0.2) is 19.6 Å². The van der Waals surface area contributed by atoms with Gasteiger partial charge in [-0.25, -0.2) is 0 Å². The van der Waals surface area contributed by atoms with Gasteiger partial charge in [0.05, 0.1) is 13.2 Å². The van der Waals surface area contributed by atoms with Crippen LogP contribution in [0.25, 0.3) is 10.8 Å². The minimum atomic E-state index is -0.273. The highest BCUT2D eigenvalue weighted by Crippen LogP contribution is 2.24. The smallest absolute Gasteiger partial charge is 0.258 e. The zero-order chi connectivity index (χ0) is 20.8. The zero-order valence-electron chi connectivity index (χ0n) is 16.7. The molecule has 0 bridgehead atoms. The minimum Gasteiger partial charge on any atom is -0.497 e. The third-order valence-corrected chi connectivity index (χ3v) is 4.98. The molecule has 4 aromatic carbocycles. The highest BCUT2D eigenvalue weighted by atomic mass is 16.5. The first-order chi connectivity index (χ1) is 14.7. The van der Waals surface area contributed by atoms with E-state index in [2.05, 4.69) is 5.32 Å². The van der Waals surface area contributed by atoms with Crippen molar-refractivity contribution in [3.63, 3.8) is 0 Å². The lowest BCUT2D eigenvalue weighted by molar-refractivity contribution is -0.123. The summed E-state index contributed by atoms with van der Waals surface area (Å²) in [5.41, 5.74) is 1.97. The Kier molecular flexibility index (Phi) is 5.95. The van der Waals surface area contributed by atoms with Crippen LogP contribution >= 0.6 is 0 Å². The first-order valence-corrected chi connectivity index (χ1v) is 9.83. The Hall–Kier alpha value is -3.79. The summed E-state index contributed by atoms with van der Waals surface area (Å²) in [5.74, 6) is 1.26. The fourth-order valence-corrected chi connectivity index (χ4v) is 3.41. The lowest BCUT2D eigenvalue weighted by Gasteiger charge is -2.20. The van der Waals surface area contributed by atoms with Crippen LogP contribution in [0.1, 0.15) is 17.2 Å². The van der Waals surface area contributed by atoms with E-state index in [9.17, 15) is 4.79 Å². The van der Waals surface area contributed by atoms with E-state index in [4.69, 9.17) is 9.47 Å². The predicted octanol–water partition coefficient (Wildman–Crippen LogP) is 5.13. The largest absolute Gasteiger partial charge is 0.497 e. The molecule has 0 saturated carbocycles. The second kappa shape index (κ2) is 9.14. The monoisotopic (exact) mass is 397 g/mol. The van der Waals surface area contributed by atoms with Crippen molar-refractivity contribution in [2.45, 2.75) is 6.04 Å². The molecule has 4 heteroatoms. The van der Waals surface area contributed by atoms with E-state index >= 15 is 0 Å². The standard InChI is InChI=1S/C26H23NO3/c1-29-23-14-12-21(13-15-23)26(20-8-3-2-4-9-20)27-25(28)18-30-24-16-11-19-7-5-6-10-22(19)17-24/h2-17,26H,18H2,1H3,(H,27,28)/t26-/m0/s1. The summed E-state index contributed by atoms with van der Waals surface area (Å²) < 4.78 is 11.0. The van der Waals surface area contributed by atoms with Crippen molar-refractivity contribution in [3.05, 3.63) is 108 Å². The molecule has 0 saturated heterocycles. The van der Waals surface area contributed by atoms with Crippen molar-refractivity contribution < 1.29 is 14.3 Å². The number of rotatable bonds is 7. The van der Waals surface area contributed by atoms with Crippen LogP contribution in [-0.2, 0) is 4.79 Å². The topological polar surface area (TPSA) is 47.6 Å². The summed E-state index contributed by atoms with van der Waals surface area (Å²) in [4.78, 5) is 12.7. The van der Waals surface area contributed by atoms with Crippen LogP contribution in [0.15, 0.2) is 97.1 Å². The van der Waals surface area contributed by atoms with Crippen molar-refractivity contribution in [1.29, 1.82) is 0 Å². The van der Waals surface area contributed by atoms with Crippen molar-refractivity contribution in [2.24, 2.45) is 0 Å². The summed E-state index contributed by atoms with van der Waals surface area (Å²) in [5, 5.41) is 5.31. The number of hydrogen-bond donors (Lipinski definition) is 1. The van der Waals surface area contributed by atoms with Gasteiger partial charge in [0.25, 0.3) is 5.91 Å². The molecule has 1 amide bonds. The van der Waals surface area contributed by atoms with E-state index in [1.807, 2.05) is 97.1 Å². The van der Waals surface area contributed by atoms with Gasteiger partial charge in [-0.2, -0.15) is 0 Å². The minimum absolute atomic E-state index is 0.0577. The van der Waals surface area contributed by atoms with Crippen LogP contribution in [0.2, 0.25) is 0 Å². The molecule has 0 aliphatic heterocycles. The second-order valence-electron chi connectivity index (χ2n) is 6.98. The molecule has 1 atom stereocenters. The number of benzene rings is 4. The summed E-state index contributed by atoms with van der Waals surface area (Å²) in [7, 11) is 1.63. The third-order valence-electron chi connectivity index (χ3n) is 4.98. The third kappa shape index (κ3) is 4.61. The van der Waals surface area contributed by atoms with Crippen molar-refractivity contribution >= 4 is 16.7 Å². The van der Waals surface area contributed by atoms with Gasteiger partial charge < -0.3 is 14.8 Å². The lowest BCUT2D eigenvalue weighted by atomic mass is 9.98. The first-order valence-electron chi connectivity index (χ1n) is 9.83. The maximum atomic E-state index is 12.7. The number of carbonyl (C=O) groups is 1. The van der Waals surface area contributed by atoms with Gasteiger partial charge >= 0.3 is 0 Å². The lowest BCUT2D eigenvalue weighted by Crippen LogP contribution is -2.33. The fourth-order valence-electron chi connectivity index (χ4n) is 3.41. The molecule has 0 heterocycles. The zero-order valence-corrected chi connectivity index (χ0v) is 16.7. The van der Waals surface area contributed by atoms with Crippen LogP contribution < -0.4 is 14.8 Å². The van der Waals surface area contributed by atoms with Gasteiger partial charge in [-0.05, 0) is 46.2 Å². The van der Waals surface area contributed by atoms with E-state index in [0.29, 0.717) is 5.75 Å². The normalized spacial score (nSPS) is 11.6. The Morgan fingerprint density at radius 1 is 0.767 bits per heavy atom. The fraction of sp³-hybridized carbons (Fsp3) is 0.115. The van der Waals surface area contributed by atoms with Crippen LogP contribution in [0.4, 0.5) is 0 Å². The molecular formula is C26H23NO3. The van der Waals surface area contributed by atoms with Crippen LogP contribution in [0.3, 0.4) is 0 Å². The summed E-state index contributed by atoms with van der Waals surface area (Å²) in [6, 6.07) is 31.2. The van der Waals surface area contributed by atoms with Gasteiger partial charge in [0.1, 0.15) is 11.5 Å². The average molecular weight is 397 g/mol. The summed E-state index contributed by atoms with van der Waals surface area (Å²) in [6.45, 7) is -0.0577. The number of hydrogen-bond acceptors (Lipinski definition) is 3. The van der Waals surface area contributed by atoms with Crippen LogP contribution in [0, 0.1) is 0 Å². The molecule has 0 aliphatic rings. The molecule has 4 aromatic rings. The van der Waals surface area contributed by atoms with E-state index < -0.39 is 0 Å². The summed E-state index contributed by atoms with van der Waals surface area (Å²) in [6.07, 6.45) is 0. The van der Waals surface area contributed by atoms with Crippen molar-refractivity contribution in [3.8, 4) is 11.5 Å². The van der Waals surface area contributed by atoms with E-state index in [-0.39, 0.29) is 18.6 Å². The molecule has 0 radical (unpaired) electrons. The molecule has 4 nitrogen and oxygen atoms in total. The number of ether oxygens (including phenoxy) is 2. The van der Waals surface area contributed by atoms with E-state index in [1.165, 1.54) is 0 Å². The highest BCUT2D eigenvalue weighted by Gasteiger charge is 2.17. The Morgan fingerprint density at radius 2 is 1.40 bits per heavy atom. The molecule has 0 aliphatic carbocycles. The number of methoxy groups -OCH3 is 1. The van der Waals surface area contributed by atoms with Gasteiger partial charge in [-0.1, -0.05) is 72.8 Å². The average Bonchev–Trinajstić information content (AvgIpc) is 2.82.